The standard InChI is InChI=1S/C9H9Cl2N5O2S/c1-4-8(5(2)15-14-4)19(17,18)16-7-3-6(10)12-9(11)13-7/h3H,1-2H3,(H,14,15)(H,12,13,16). The number of halogens is 2. The molecule has 0 amide bonds. The molecule has 0 aliphatic heterocycles. The molecule has 7 nitrogen and oxygen atoms in total. The van der Waals surface area contributed by atoms with Crippen molar-refractivity contribution in [1.29, 1.82) is 0 Å². The molecular formula is C9H9Cl2N5O2S. The smallest absolute Gasteiger partial charge is 0.266 e. The van der Waals surface area contributed by atoms with E-state index in [0.717, 1.165) is 0 Å². The number of nitrogens with one attached hydrogen (secondary N) is 2. The van der Waals surface area contributed by atoms with Crippen LogP contribution in [0.25, 0.3) is 0 Å². The Morgan fingerprint density at radius 2 is 1.95 bits per heavy atom. The number of hydrogen-bond donors (Lipinski definition) is 2. The van der Waals surface area contributed by atoms with Crippen LogP contribution < -0.4 is 4.72 Å². The molecule has 2 rings (SSSR count). The molecule has 19 heavy (non-hydrogen) atoms. The molecule has 2 aromatic rings. The van der Waals surface area contributed by atoms with Crippen LogP contribution in [0.2, 0.25) is 10.4 Å². The number of rotatable bonds is 3. The number of nitrogens with zero attached hydrogens (tertiary/aromatic N) is 3. The topological polar surface area (TPSA) is 101 Å². The molecule has 0 aliphatic carbocycles. The maximum absolute atomic E-state index is 12.2. The third kappa shape index (κ3) is 2.96. The van der Waals surface area contributed by atoms with Gasteiger partial charge in [0.15, 0.2) is 0 Å². The lowest BCUT2D eigenvalue weighted by atomic mass is 10.4. The van der Waals surface area contributed by atoms with Crippen molar-refractivity contribution < 1.29 is 8.42 Å². The van der Waals surface area contributed by atoms with Crippen LogP contribution in [0.1, 0.15) is 11.4 Å². The molecule has 0 spiro atoms. The number of sulfonamides is 1. The van der Waals surface area contributed by atoms with Crippen LogP contribution in [0, 0.1) is 13.8 Å². The summed E-state index contributed by atoms with van der Waals surface area (Å²) in [5.74, 6) is -0.00926. The zero-order valence-electron chi connectivity index (χ0n) is 9.90. The Kier molecular flexibility index (Phi) is 3.66. The first-order valence-electron chi connectivity index (χ1n) is 5.04. The molecule has 0 aromatic carbocycles. The number of H-pyrrole nitrogens is 1. The number of hydrogen-bond acceptors (Lipinski definition) is 5. The fraction of sp³-hybridized carbons (Fsp3) is 0.222. The van der Waals surface area contributed by atoms with Crippen molar-refractivity contribution in [3.8, 4) is 0 Å². The van der Waals surface area contributed by atoms with Crippen LogP contribution in [-0.4, -0.2) is 28.6 Å². The van der Waals surface area contributed by atoms with Gasteiger partial charge in [-0.25, -0.2) is 13.4 Å². The summed E-state index contributed by atoms with van der Waals surface area (Å²) in [7, 11) is -3.82. The molecule has 0 unspecified atom stereocenters. The van der Waals surface area contributed by atoms with Crippen molar-refractivity contribution in [3.05, 3.63) is 27.9 Å². The maximum atomic E-state index is 12.2. The largest absolute Gasteiger partial charge is 0.281 e. The van der Waals surface area contributed by atoms with E-state index in [2.05, 4.69) is 24.9 Å². The van der Waals surface area contributed by atoms with Crippen molar-refractivity contribution >= 4 is 39.0 Å². The number of aromatic nitrogens is 4. The average molecular weight is 322 g/mol. The summed E-state index contributed by atoms with van der Waals surface area (Å²) in [6, 6.07) is 1.26. The van der Waals surface area contributed by atoms with E-state index < -0.39 is 10.0 Å². The van der Waals surface area contributed by atoms with E-state index in [1.165, 1.54) is 6.07 Å². The fourth-order valence-corrected chi connectivity index (χ4v) is 3.34. The number of aromatic amines is 1. The lowest BCUT2D eigenvalue weighted by molar-refractivity contribution is 0.600. The van der Waals surface area contributed by atoms with Crippen molar-refractivity contribution in [2.24, 2.45) is 0 Å². The van der Waals surface area contributed by atoms with Gasteiger partial charge in [0.05, 0.1) is 11.4 Å². The van der Waals surface area contributed by atoms with E-state index in [-0.39, 0.29) is 21.2 Å². The van der Waals surface area contributed by atoms with Crippen molar-refractivity contribution in [2.45, 2.75) is 18.7 Å². The fourth-order valence-electron chi connectivity index (χ4n) is 1.57. The lowest BCUT2D eigenvalue weighted by Gasteiger charge is -2.07. The molecule has 0 saturated carbocycles. The SMILES string of the molecule is Cc1n[nH]c(C)c1S(=O)(=O)Nc1cc(Cl)nc(Cl)n1. The first-order chi connectivity index (χ1) is 8.79. The predicted molar refractivity (Wildman–Crippen MR) is 70.9 cm³/mol. The Labute approximate surface area is 119 Å². The third-order valence-electron chi connectivity index (χ3n) is 2.24. The summed E-state index contributed by atoms with van der Waals surface area (Å²) in [4.78, 5) is 7.43. The zero-order valence-corrected chi connectivity index (χ0v) is 12.2. The van der Waals surface area contributed by atoms with Crippen molar-refractivity contribution in [1.82, 2.24) is 20.2 Å². The molecule has 0 atom stereocenters. The van der Waals surface area contributed by atoms with Gasteiger partial charge in [0.25, 0.3) is 10.0 Å². The van der Waals surface area contributed by atoms with Crippen LogP contribution in [0.3, 0.4) is 0 Å². The van der Waals surface area contributed by atoms with Gasteiger partial charge in [-0.05, 0) is 25.4 Å². The van der Waals surface area contributed by atoms with Gasteiger partial charge < -0.3 is 0 Å². The summed E-state index contributed by atoms with van der Waals surface area (Å²) >= 11 is 11.3. The highest BCUT2D eigenvalue weighted by Gasteiger charge is 2.23. The van der Waals surface area contributed by atoms with Crippen LogP contribution in [0.15, 0.2) is 11.0 Å². The molecular weight excluding hydrogens is 313 g/mol. The molecule has 2 N–H and O–H groups in total. The molecule has 0 aliphatic rings. The second-order valence-electron chi connectivity index (χ2n) is 3.71. The Hall–Kier alpha value is -1.38. The highest BCUT2D eigenvalue weighted by atomic mass is 35.5. The van der Waals surface area contributed by atoms with Crippen LogP contribution >= 0.6 is 23.2 Å². The van der Waals surface area contributed by atoms with E-state index in [1.807, 2.05) is 0 Å². The summed E-state index contributed by atoms with van der Waals surface area (Å²) < 4.78 is 26.7. The van der Waals surface area contributed by atoms with E-state index in [1.54, 1.807) is 13.8 Å². The molecule has 10 heteroatoms. The average Bonchev–Trinajstić information content (AvgIpc) is 2.56. The summed E-state index contributed by atoms with van der Waals surface area (Å²) in [6.45, 7) is 3.19. The lowest BCUT2D eigenvalue weighted by Crippen LogP contribution is -2.15. The molecule has 0 fully saturated rings. The minimum atomic E-state index is -3.82. The van der Waals surface area contributed by atoms with Crippen LogP contribution in [0.4, 0.5) is 5.82 Å². The van der Waals surface area contributed by atoms with Crippen LogP contribution in [0.5, 0.6) is 0 Å². The molecule has 0 radical (unpaired) electrons. The Morgan fingerprint density at radius 3 is 2.47 bits per heavy atom. The van der Waals surface area contributed by atoms with Gasteiger partial charge >= 0.3 is 0 Å². The van der Waals surface area contributed by atoms with Gasteiger partial charge in [-0.2, -0.15) is 10.1 Å². The minimum absolute atomic E-state index is 0.00926. The molecule has 2 aromatic heterocycles. The Morgan fingerprint density at radius 1 is 1.26 bits per heavy atom. The summed E-state index contributed by atoms with van der Waals surface area (Å²) in [5.41, 5.74) is 0.785. The second kappa shape index (κ2) is 4.95. The van der Waals surface area contributed by atoms with E-state index in [4.69, 9.17) is 23.2 Å². The van der Waals surface area contributed by atoms with Gasteiger partial charge in [0, 0.05) is 6.07 Å². The highest BCUT2D eigenvalue weighted by Crippen LogP contribution is 2.21. The molecule has 102 valence electrons. The Bertz CT molecular complexity index is 688. The van der Waals surface area contributed by atoms with Gasteiger partial charge in [-0.1, -0.05) is 11.6 Å². The predicted octanol–water partition coefficient (Wildman–Crippen LogP) is 1.92. The summed E-state index contributed by atoms with van der Waals surface area (Å²) in [5, 5.41) is 6.32. The van der Waals surface area contributed by atoms with Gasteiger partial charge in [-0.3, -0.25) is 9.82 Å². The third-order valence-corrected chi connectivity index (χ3v) is 4.22. The van der Waals surface area contributed by atoms with Gasteiger partial charge in [-0.15, -0.1) is 0 Å². The molecule has 0 saturated heterocycles. The highest BCUT2D eigenvalue weighted by molar-refractivity contribution is 7.92. The molecule has 0 bridgehead atoms. The Balaban J connectivity index is 2.42. The van der Waals surface area contributed by atoms with Gasteiger partial charge in [0.1, 0.15) is 15.9 Å². The first kappa shape index (κ1) is 14.0. The second-order valence-corrected chi connectivity index (χ2v) is 6.06. The zero-order chi connectivity index (χ0) is 14.2. The van der Waals surface area contributed by atoms with Crippen molar-refractivity contribution in [2.75, 3.05) is 4.72 Å². The van der Waals surface area contributed by atoms with Gasteiger partial charge in [0.2, 0.25) is 5.28 Å². The molecule has 2 heterocycles. The number of aryl methyl sites for hydroxylation is 2. The summed E-state index contributed by atoms with van der Waals surface area (Å²) in [6.07, 6.45) is 0. The normalized spacial score (nSPS) is 11.6. The van der Waals surface area contributed by atoms with Crippen molar-refractivity contribution in [3.63, 3.8) is 0 Å². The van der Waals surface area contributed by atoms with E-state index >= 15 is 0 Å². The van der Waals surface area contributed by atoms with Crippen LogP contribution in [-0.2, 0) is 10.0 Å². The quantitative estimate of drug-likeness (QED) is 0.664. The minimum Gasteiger partial charge on any atom is -0.281 e. The number of anilines is 1. The monoisotopic (exact) mass is 321 g/mol. The first-order valence-corrected chi connectivity index (χ1v) is 7.28. The van der Waals surface area contributed by atoms with E-state index in [9.17, 15) is 8.42 Å². The van der Waals surface area contributed by atoms with E-state index in [0.29, 0.717) is 11.4 Å². The maximum Gasteiger partial charge on any atom is 0.266 e.